The lowest BCUT2D eigenvalue weighted by Gasteiger charge is -2.18. The van der Waals surface area contributed by atoms with Crippen molar-refractivity contribution in [3.8, 4) is 28.1 Å². The fourth-order valence-corrected chi connectivity index (χ4v) is 3.10. The molecule has 0 aliphatic carbocycles. The summed E-state index contributed by atoms with van der Waals surface area (Å²) in [6.07, 6.45) is 1.85. The van der Waals surface area contributed by atoms with Gasteiger partial charge in [0.05, 0.1) is 11.3 Å². The standard InChI is InChI=1S/C23H17NO/c25-21-16-17-24(20-14-8-3-9-15-20)23(19-12-6-2-7-13-19)22(21)18-10-4-1-5-11-18/h1-17H. The summed E-state index contributed by atoms with van der Waals surface area (Å²) in [7, 11) is 0. The molecule has 0 saturated heterocycles. The number of nitrogens with zero attached hydrogens (tertiary/aromatic N) is 1. The van der Waals surface area contributed by atoms with Crippen molar-refractivity contribution >= 4 is 0 Å². The average molecular weight is 323 g/mol. The van der Waals surface area contributed by atoms with Crippen molar-refractivity contribution in [3.63, 3.8) is 0 Å². The van der Waals surface area contributed by atoms with E-state index in [9.17, 15) is 4.79 Å². The Morgan fingerprint density at radius 2 is 1.08 bits per heavy atom. The molecule has 4 aromatic rings. The molecule has 0 amide bonds. The van der Waals surface area contributed by atoms with E-state index < -0.39 is 0 Å². The summed E-state index contributed by atoms with van der Waals surface area (Å²) >= 11 is 0. The quantitative estimate of drug-likeness (QED) is 0.510. The lowest BCUT2D eigenvalue weighted by molar-refractivity contribution is 1.05. The first-order valence-electron chi connectivity index (χ1n) is 8.26. The highest BCUT2D eigenvalue weighted by Crippen LogP contribution is 2.31. The zero-order chi connectivity index (χ0) is 17.1. The molecule has 2 heteroatoms. The van der Waals surface area contributed by atoms with Crippen LogP contribution in [0.3, 0.4) is 0 Å². The van der Waals surface area contributed by atoms with Crippen LogP contribution in [0.2, 0.25) is 0 Å². The number of hydrogen-bond acceptors (Lipinski definition) is 1. The van der Waals surface area contributed by atoms with Crippen molar-refractivity contribution in [2.45, 2.75) is 0 Å². The Morgan fingerprint density at radius 3 is 1.68 bits per heavy atom. The van der Waals surface area contributed by atoms with Gasteiger partial charge in [-0.1, -0.05) is 78.9 Å². The van der Waals surface area contributed by atoms with Gasteiger partial charge in [-0.05, 0) is 23.3 Å². The molecule has 0 saturated carbocycles. The van der Waals surface area contributed by atoms with Gasteiger partial charge in [0.15, 0.2) is 5.43 Å². The molecule has 1 aromatic heterocycles. The van der Waals surface area contributed by atoms with E-state index in [-0.39, 0.29) is 5.43 Å². The van der Waals surface area contributed by atoms with Gasteiger partial charge in [0.25, 0.3) is 0 Å². The van der Waals surface area contributed by atoms with Crippen molar-refractivity contribution in [1.82, 2.24) is 4.57 Å². The van der Waals surface area contributed by atoms with Crippen LogP contribution in [0.4, 0.5) is 0 Å². The number of pyridine rings is 1. The Kier molecular flexibility index (Phi) is 4.01. The predicted octanol–water partition coefficient (Wildman–Crippen LogP) is 5.17. The number of para-hydroxylation sites is 1. The Hall–Kier alpha value is -3.39. The Morgan fingerprint density at radius 1 is 0.560 bits per heavy atom. The molecule has 0 unspecified atom stereocenters. The molecular weight excluding hydrogens is 306 g/mol. The largest absolute Gasteiger partial charge is 0.316 e. The van der Waals surface area contributed by atoms with E-state index in [0.29, 0.717) is 0 Å². The highest BCUT2D eigenvalue weighted by molar-refractivity contribution is 5.82. The van der Waals surface area contributed by atoms with Gasteiger partial charge < -0.3 is 4.57 Å². The van der Waals surface area contributed by atoms with Gasteiger partial charge in [0.2, 0.25) is 0 Å². The first kappa shape index (κ1) is 15.2. The summed E-state index contributed by atoms with van der Waals surface area (Å²) in [5.41, 5.74) is 4.62. The van der Waals surface area contributed by atoms with Gasteiger partial charge in [-0.25, -0.2) is 0 Å². The number of aromatic nitrogens is 1. The lowest BCUT2D eigenvalue weighted by Crippen LogP contribution is -2.12. The van der Waals surface area contributed by atoms with E-state index in [0.717, 1.165) is 28.1 Å². The first-order valence-corrected chi connectivity index (χ1v) is 8.26. The van der Waals surface area contributed by atoms with Crippen LogP contribution in [0.15, 0.2) is 108 Å². The topological polar surface area (TPSA) is 22.0 Å². The predicted molar refractivity (Wildman–Crippen MR) is 103 cm³/mol. The fourth-order valence-electron chi connectivity index (χ4n) is 3.10. The molecule has 120 valence electrons. The third kappa shape index (κ3) is 2.90. The van der Waals surface area contributed by atoms with Gasteiger partial charge in [-0.3, -0.25) is 4.79 Å². The Balaban J connectivity index is 2.09. The molecule has 4 rings (SSSR count). The number of benzene rings is 3. The van der Waals surface area contributed by atoms with Crippen LogP contribution in [-0.4, -0.2) is 4.57 Å². The van der Waals surface area contributed by atoms with Crippen LogP contribution in [-0.2, 0) is 0 Å². The molecule has 1 heterocycles. The molecule has 25 heavy (non-hydrogen) atoms. The summed E-state index contributed by atoms with van der Waals surface area (Å²) in [5.74, 6) is 0. The van der Waals surface area contributed by atoms with Crippen molar-refractivity contribution in [2.75, 3.05) is 0 Å². The molecule has 2 nitrogen and oxygen atoms in total. The molecule has 0 aliphatic rings. The molecular formula is C23H17NO. The highest BCUT2D eigenvalue weighted by atomic mass is 16.1. The van der Waals surface area contributed by atoms with E-state index in [2.05, 4.69) is 4.57 Å². The van der Waals surface area contributed by atoms with Gasteiger partial charge >= 0.3 is 0 Å². The van der Waals surface area contributed by atoms with Crippen molar-refractivity contribution < 1.29 is 0 Å². The van der Waals surface area contributed by atoms with Crippen molar-refractivity contribution in [1.29, 1.82) is 0 Å². The average Bonchev–Trinajstić information content (AvgIpc) is 2.70. The second-order valence-corrected chi connectivity index (χ2v) is 5.84. The van der Waals surface area contributed by atoms with Crippen LogP contribution in [0, 0.1) is 0 Å². The highest BCUT2D eigenvalue weighted by Gasteiger charge is 2.15. The minimum absolute atomic E-state index is 0.0252. The normalized spacial score (nSPS) is 10.6. The zero-order valence-electron chi connectivity index (χ0n) is 13.7. The minimum atomic E-state index is 0.0252. The number of rotatable bonds is 3. The smallest absolute Gasteiger partial charge is 0.190 e. The van der Waals surface area contributed by atoms with E-state index in [1.54, 1.807) is 6.07 Å². The zero-order valence-corrected chi connectivity index (χ0v) is 13.7. The van der Waals surface area contributed by atoms with Gasteiger partial charge in [-0.2, -0.15) is 0 Å². The summed E-state index contributed by atoms with van der Waals surface area (Å²) in [6.45, 7) is 0. The van der Waals surface area contributed by atoms with Gasteiger partial charge in [0.1, 0.15) is 0 Å². The van der Waals surface area contributed by atoms with Crippen LogP contribution >= 0.6 is 0 Å². The maximum absolute atomic E-state index is 12.8. The van der Waals surface area contributed by atoms with Gasteiger partial charge in [0, 0.05) is 18.0 Å². The fraction of sp³-hybridized carbons (Fsp3) is 0. The van der Waals surface area contributed by atoms with Crippen LogP contribution in [0.5, 0.6) is 0 Å². The molecule has 0 radical (unpaired) electrons. The van der Waals surface area contributed by atoms with E-state index in [1.165, 1.54) is 0 Å². The molecule has 0 aliphatic heterocycles. The van der Waals surface area contributed by atoms with Crippen molar-refractivity contribution in [2.24, 2.45) is 0 Å². The summed E-state index contributed by atoms with van der Waals surface area (Å²) in [6, 6.07) is 31.7. The number of hydrogen-bond donors (Lipinski definition) is 0. The lowest BCUT2D eigenvalue weighted by atomic mass is 9.98. The molecule has 0 N–H and O–H groups in total. The SMILES string of the molecule is O=c1ccn(-c2ccccc2)c(-c2ccccc2)c1-c1ccccc1. The van der Waals surface area contributed by atoms with Crippen LogP contribution in [0.1, 0.15) is 0 Å². The molecule has 0 bridgehead atoms. The summed E-state index contributed by atoms with van der Waals surface area (Å²) in [5, 5.41) is 0. The summed E-state index contributed by atoms with van der Waals surface area (Å²) < 4.78 is 2.08. The molecule has 0 fully saturated rings. The third-order valence-corrected chi connectivity index (χ3v) is 4.24. The van der Waals surface area contributed by atoms with Crippen LogP contribution in [0.25, 0.3) is 28.1 Å². The van der Waals surface area contributed by atoms with Crippen LogP contribution < -0.4 is 5.43 Å². The molecule has 0 atom stereocenters. The second kappa shape index (κ2) is 6.62. The van der Waals surface area contributed by atoms with Gasteiger partial charge in [-0.15, -0.1) is 0 Å². The molecule has 3 aromatic carbocycles. The van der Waals surface area contributed by atoms with E-state index in [1.807, 2.05) is 97.2 Å². The van der Waals surface area contributed by atoms with E-state index in [4.69, 9.17) is 0 Å². The van der Waals surface area contributed by atoms with Crippen molar-refractivity contribution in [3.05, 3.63) is 113 Å². The minimum Gasteiger partial charge on any atom is -0.316 e. The first-order chi connectivity index (χ1) is 12.3. The second-order valence-electron chi connectivity index (χ2n) is 5.84. The Labute approximate surface area is 146 Å². The maximum Gasteiger partial charge on any atom is 0.190 e. The Bertz CT molecular complexity index is 1040. The maximum atomic E-state index is 12.8. The van der Waals surface area contributed by atoms with E-state index >= 15 is 0 Å². The molecule has 0 spiro atoms. The summed E-state index contributed by atoms with van der Waals surface area (Å²) in [4.78, 5) is 12.8. The third-order valence-electron chi connectivity index (χ3n) is 4.24. The monoisotopic (exact) mass is 323 g/mol.